The van der Waals surface area contributed by atoms with Crippen molar-refractivity contribution in [3.63, 3.8) is 0 Å². The number of likely N-dealkylation sites (N-methyl/N-ethyl adjacent to an activating group) is 1. The van der Waals surface area contributed by atoms with Crippen molar-refractivity contribution in [2.24, 2.45) is 0 Å². The minimum atomic E-state index is -0.205. The highest BCUT2D eigenvalue weighted by Gasteiger charge is 2.30. The van der Waals surface area contributed by atoms with Crippen LogP contribution in [0.15, 0.2) is 109 Å². The second-order valence-electron chi connectivity index (χ2n) is 10.2. The Labute approximate surface area is 235 Å². The maximum absolute atomic E-state index is 13.5. The highest BCUT2D eigenvalue weighted by atomic mass is 16.5. The molecule has 1 aliphatic heterocycles. The molecule has 4 aromatic carbocycles. The fraction of sp³-hybridized carbons (Fsp3) is 0.176. The van der Waals surface area contributed by atoms with E-state index >= 15 is 0 Å². The van der Waals surface area contributed by atoms with E-state index < -0.39 is 0 Å². The zero-order chi connectivity index (χ0) is 27.9. The van der Waals surface area contributed by atoms with Crippen molar-refractivity contribution in [3.05, 3.63) is 137 Å². The Kier molecular flexibility index (Phi) is 8.38. The molecule has 0 aromatic heterocycles. The van der Waals surface area contributed by atoms with Gasteiger partial charge in [0.2, 0.25) is 0 Å². The molecule has 5 rings (SSSR count). The minimum Gasteiger partial charge on any atom is -0.449 e. The van der Waals surface area contributed by atoms with Crippen LogP contribution in [0.1, 0.15) is 32.6 Å². The molecule has 0 bridgehead atoms. The number of aryl methyl sites for hydroxylation is 1. The molecule has 1 unspecified atom stereocenters. The van der Waals surface area contributed by atoms with Gasteiger partial charge in [-0.3, -0.25) is 14.5 Å². The van der Waals surface area contributed by atoms with Crippen molar-refractivity contribution in [3.8, 4) is 5.75 Å². The summed E-state index contributed by atoms with van der Waals surface area (Å²) >= 11 is 0. The van der Waals surface area contributed by atoms with Gasteiger partial charge in [-0.2, -0.15) is 0 Å². The van der Waals surface area contributed by atoms with Gasteiger partial charge in [-0.25, -0.2) is 0 Å². The average Bonchev–Trinajstić information content (AvgIpc) is 2.97. The lowest BCUT2D eigenvalue weighted by atomic mass is 10.1. The van der Waals surface area contributed by atoms with Crippen LogP contribution in [0.4, 0.5) is 5.69 Å². The molecule has 4 aromatic rings. The smallest absolute Gasteiger partial charge is 0.294 e. The Balaban J connectivity index is 1.23. The van der Waals surface area contributed by atoms with Gasteiger partial charge in [-0.05, 0) is 48.4 Å². The van der Waals surface area contributed by atoms with Gasteiger partial charge < -0.3 is 15.0 Å². The van der Waals surface area contributed by atoms with Gasteiger partial charge in [-0.15, -0.1) is 0 Å². The fourth-order valence-electron chi connectivity index (χ4n) is 4.70. The molecule has 0 fully saturated rings. The number of carbonyl (C=O) groups is 2. The number of amides is 2. The number of nitrogens with one attached hydrogen (secondary N) is 2. The van der Waals surface area contributed by atoms with E-state index in [1.54, 1.807) is 23.1 Å². The van der Waals surface area contributed by atoms with Crippen LogP contribution >= 0.6 is 0 Å². The predicted molar refractivity (Wildman–Crippen MR) is 158 cm³/mol. The summed E-state index contributed by atoms with van der Waals surface area (Å²) in [4.78, 5) is 29.3. The van der Waals surface area contributed by atoms with Crippen molar-refractivity contribution < 1.29 is 19.2 Å². The number of anilines is 1. The van der Waals surface area contributed by atoms with Gasteiger partial charge >= 0.3 is 0 Å². The second-order valence-corrected chi connectivity index (χ2v) is 10.2. The molecule has 0 aliphatic carbocycles. The van der Waals surface area contributed by atoms with Gasteiger partial charge in [0.15, 0.2) is 11.5 Å². The Morgan fingerprint density at radius 2 is 1.57 bits per heavy atom. The Morgan fingerprint density at radius 1 is 0.875 bits per heavy atom. The van der Waals surface area contributed by atoms with E-state index in [0.717, 1.165) is 29.9 Å². The van der Waals surface area contributed by atoms with Gasteiger partial charge in [0.25, 0.3) is 11.8 Å². The molecule has 1 aliphatic rings. The number of quaternary nitrogens is 1. The first-order valence-electron chi connectivity index (χ1n) is 13.6. The van der Waals surface area contributed by atoms with Gasteiger partial charge in [0, 0.05) is 11.1 Å². The quantitative estimate of drug-likeness (QED) is 0.314. The zero-order valence-corrected chi connectivity index (χ0v) is 22.9. The number of carbonyl (C=O) groups excluding carboxylic acids is 2. The number of benzene rings is 4. The van der Waals surface area contributed by atoms with Crippen LogP contribution in [0, 0.1) is 6.92 Å². The normalized spacial score (nSPS) is 14.4. The van der Waals surface area contributed by atoms with E-state index in [-0.39, 0.29) is 17.6 Å². The topological polar surface area (TPSA) is 63.1 Å². The number of fused-ring (bicyclic) bond motifs is 1. The lowest BCUT2D eigenvalue weighted by Crippen LogP contribution is -3.08. The van der Waals surface area contributed by atoms with Crippen LogP contribution in [0.2, 0.25) is 0 Å². The first-order chi connectivity index (χ1) is 19.5. The summed E-state index contributed by atoms with van der Waals surface area (Å²) in [6.07, 6.45) is 1.73. The zero-order valence-electron chi connectivity index (χ0n) is 22.9. The standard InChI is InChI=1S/C34H33N3O3/c1-25-12-14-28(15-13-25)24-37-30-10-6-7-11-31(30)40-32(34(37)39)22-26-16-18-29(19-17-26)33(38)35-20-21-36(2)23-27-8-4-3-5-9-27/h3-19,22H,20-21,23-24H2,1-2H3,(H,35,38)/p+1. The SMILES string of the molecule is Cc1ccc(CN2C(=O)C(=Cc3ccc(C(=O)NCC[NH+](C)Cc4ccccc4)cc3)Oc3ccccc32)cc1. The molecular formula is C34H34N3O3+. The van der Waals surface area contributed by atoms with Crippen LogP contribution in [-0.2, 0) is 17.9 Å². The Morgan fingerprint density at radius 3 is 2.33 bits per heavy atom. The van der Waals surface area contributed by atoms with Crippen molar-refractivity contribution in [1.82, 2.24) is 5.32 Å². The van der Waals surface area contributed by atoms with E-state index in [0.29, 0.717) is 24.4 Å². The summed E-state index contributed by atoms with van der Waals surface area (Å²) in [7, 11) is 2.12. The van der Waals surface area contributed by atoms with Crippen molar-refractivity contribution in [2.75, 3.05) is 25.0 Å². The third-order valence-corrected chi connectivity index (χ3v) is 6.95. The van der Waals surface area contributed by atoms with Crippen LogP contribution < -0.4 is 19.9 Å². The molecule has 6 nitrogen and oxygen atoms in total. The first-order valence-corrected chi connectivity index (χ1v) is 13.6. The molecule has 2 N–H and O–H groups in total. The molecule has 202 valence electrons. The first kappa shape index (κ1) is 26.9. The van der Waals surface area contributed by atoms with E-state index in [1.807, 2.05) is 85.8 Å². The highest BCUT2D eigenvalue weighted by molar-refractivity contribution is 6.09. The van der Waals surface area contributed by atoms with Crippen LogP contribution in [0.25, 0.3) is 6.08 Å². The van der Waals surface area contributed by atoms with Crippen LogP contribution in [-0.4, -0.2) is 32.0 Å². The fourth-order valence-corrected chi connectivity index (χ4v) is 4.70. The Bertz CT molecular complexity index is 1500. The molecule has 0 radical (unpaired) electrons. The molecule has 0 spiro atoms. The predicted octanol–water partition coefficient (Wildman–Crippen LogP) is 4.41. The summed E-state index contributed by atoms with van der Waals surface area (Å²) in [6.45, 7) is 4.81. The number of rotatable bonds is 9. The lowest BCUT2D eigenvalue weighted by Gasteiger charge is -2.30. The largest absolute Gasteiger partial charge is 0.449 e. The molecular weight excluding hydrogens is 498 g/mol. The van der Waals surface area contributed by atoms with Gasteiger partial charge in [0.05, 0.1) is 32.4 Å². The van der Waals surface area contributed by atoms with Crippen molar-refractivity contribution in [2.45, 2.75) is 20.0 Å². The second kappa shape index (κ2) is 12.5. The summed E-state index contributed by atoms with van der Waals surface area (Å²) < 4.78 is 6.02. The minimum absolute atomic E-state index is 0.116. The average molecular weight is 533 g/mol. The molecule has 0 saturated carbocycles. The molecule has 2 amide bonds. The van der Waals surface area contributed by atoms with Crippen LogP contribution in [0.5, 0.6) is 5.75 Å². The summed E-state index contributed by atoms with van der Waals surface area (Å²) in [5.74, 6) is 0.557. The number of hydrogen-bond donors (Lipinski definition) is 2. The summed E-state index contributed by atoms with van der Waals surface area (Å²) in [5, 5.41) is 3.01. The van der Waals surface area contributed by atoms with E-state index in [9.17, 15) is 9.59 Å². The van der Waals surface area contributed by atoms with E-state index in [1.165, 1.54) is 16.0 Å². The number of ether oxygens (including phenoxy) is 1. The number of hydrogen-bond acceptors (Lipinski definition) is 3. The summed E-state index contributed by atoms with van der Waals surface area (Å²) in [6, 6.07) is 33.3. The van der Waals surface area contributed by atoms with Crippen molar-refractivity contribution >= 4 is 23.6 Å². The maximum atomic E-state index is 13.5. The maximum Gasteiger partial charge on any atom is 0.294 e. The third kappa shape index (κ3) is 6.65. The third-order valence-electron chi connectivity index (χ3n) is 6.95. The van der Waals surface area contributed by atoms with Gasteiger partial charge in [-0.1, -0.05) is 84.4 Å². The monoisotopic (exact) mass is 532 g/mol. The van der Waals surface area contributed by atoms with E-state index in [2.05, 4.69) is 24.5 Å². The molecule has 6 heteroatoms. The number of para-hydroxylation sites is 2. The molecule has 1 heterocycles. The van der Waals surface area contributed by atoms with Crippen LogP contribution in [0.3, 0.4) is 0 Å². The molecule has 0 saturated heterocycles. The lowest BCUT2D eigenvalue weighted by molar-refractivity contribution is -0.892. The molecule has 1 atom stereocenters. The van der Waals surface area contributed by atoms with E-state index in [4.69, 9.17) is 4.74 Å². The van der Waals surface area contributed by atoms with Gasteiger partial charge in [0.1, 0.15) is 6.54 Å². The molecule has 40 heavy (non-hydrogen) atoms. The Hall–Kier alpha value is -4.68. The van der Waals surface area contributed by atoms with Crippen molar-refractivity contribution in [1.29, 1.82) is 0 Å². The number of nitrogens with zero attached hydrogens (tertiary/aromatic N) is 1. The highest BCUT2D eigenvalue weighted by Crippen LogP contribution is 2.36. The summed E-state index contributed by atoms with van der Waals surface area (Å²) in [5.41, 5.74) is 5.59.